The van der Waals surface area contributed by atoms with E-state index < -0.39 is 5.97 Å². The Kier molecular flexibility index (Phi) is 3.98. The van der Waals surface area contributed by atoms with Crippen LogP contribution in [0.1, 0.15) is 10.5 Å². The van der Waals surface area contributed by atoms with Crippen LogP contribution in [0.15, 0.2) is 17.4 Å². The minimum Gasteiger partial charge on any atom is -0.464 e. The van der Waals surface area contributed by atoms with Gasteiger partial charge in [0, 0.05) is 6.20 Å². The number of methoxy groups -OCH3 is 1. The third-order valence-electron chi connectivity index (χ3n) is 1.21. The maximum atomic E-state index is 11.0. The van der Waals surface area contributed by atoms with Crippen molar-refractivity contribution < 1.29 is 9.53 Å². The summed E-state index contributed by atoms with van der Waals surface area (Å²) in [4.78, 5) is 18.8. The molecule has 0 bridgehead atoms. The highest BCUT2D eigenvalue weighted by molar-refractivity contribution is 8.00. The van der Waals surface area contributed by atoms with Gasteiger partial charge in [-0.1, -0.05) is 11.8 Å². The van der Waals surface area contributed by atoms with E-state index >= 15 is 0 Å². The van der Waals surface area contributed by atoms with Crippen molar-refractivity contribution in [1.82, 2.24) is 9.97 Å². The number of alkyl halides is 1. The molecule has 4 nitrogen and oxygen atoms in total. The number of thioether (sulfide) groups is 1. The summed E-state index contributed by atoms with van der Waals surface area (Å²) in [7, 11) is 1.30. The van der Waals surface area contributed by atoms with Crippen molar-refractivity contribution in [1.29, 1.82) is 0 Å². The lowest BCUT2D eigenvalue weighted by Gasteiger charge is -1.99. The predicted octanol–water partition coefficient (Wildman–Crippen LogP) is 1.55. The lowest BCUT2D eigenvalue weighted by molar-refractivity contribution is 0.0593. The van der Waals surface area contributed by atoms with Gasteiger partial charge in [0.1, 0.15) is 0 Å². The van der Waals surface area contributed by atoms with E-state index in [-0.39, 0.29) is 5.69 Å². The summed E-state index contributed by atoms with van der Waals surface area (Å²) in [5.74, 6) is -0.473. The molecule has 0 saturated carbocycles. The first-order valence-corrected chi connectivity index (χ1v) is 4.90. The number of carbonyl (C=O) groups excluding carboxylic acids is 1. The second kappa shape index (κ2) is 5.04. The fraction of sp³-hybridized carbons (Fsp3) is 0.286. The zero-order valence-electron chi connectivity index (χ0n) is 6.86. The van der Waals surface area contributed by atoms with Crippen LogP contribution in [0.2, 0.25) is 0 Å². The Morgan fingerprint density at radius 2 is 2.54 bits per heavy atom. The molecule has 1 heterocycles. The monoisotopic (exact) mass is 218 g/mol. The van der Waals surface area contributed by atoms with Gasteiger partial charge in [-0.05, 0) is 6.07 Å². The molecule has 0 fully saturated rings. The second-order valence-electron chi connectivity index (χ2n) is 1.97. The van der Waals surface area contributed by atoms with Crippen molar-refractivity contribution in [2.24, 2.45) is 0 Å². The number of hydrogen-bond acceptors (Lipinski definition) is 5. The van der Waals surface area contributed by atoms with Crippen LogP contribution in [0.4, 0.5) is 0 Å². The van der Waals surface area contributed by atoms with Gasteiger partial charge in [-0.3, -0.25) is 0 Å². The fourth-order valence-corrected chi connectivity index (χ4v) is 1.37. The minimum absolute atomic E-state index is 0.241. The third-order valence-corrected chi connectivity index (χ3v) is 2.10. The maximum absolute atomic E-state index is 11.0. The molecule has 0 amide bonds. The summed E-state index contributed by atoms with van der Waals surface area (Å²) < 4.78 is 4.50. The first-order chi connectivity index (χ1) is 6.27. The van der Waals surface area contributed by atoms with Crippen LogP contribution in [-0.2, 0) is 4.74 Å². The summed E-state index contributed by atoms with van der Waals surface area (Å²) in [6.07, 6.45) is 1.49. The van der Waals surface area contributed by atoms with Crippen LogP contribution in [0.25, 0.3) is 0 Å². The zero-order chi connectivity index (χ0) is 9.68. The Balaban J connectivity index is 2.85. The largest absolute Gasteiger partial charge is 0.464 e. The van der Waals surface area contributed by atoms with Crippen LogP contribution in [0, 0.1) is 0 Å². The summed E-state index contributed by atoms with van der Waals surface area (Å²) in [6.45, 7) is 0. The summed E-state index contributed by atoms with van der Waals surface area (Å²) in [5.41, 5.74) is 0.241. The molecule has 70 valence electrons. The Morgan fingerprint density at radius 3 is 3.15 bits per heavy atom. The molecule has 0 aliphatic rings. The van der Waals surface area contributed by atoms with E-state index in [0.717, 1.165) is 0 Å². The van der Waals surface area contributed by atoms with Gasteiger partial charge in [0.25, 0.3) is 0 Å². The smallest absolute Gasteiger partial charge is 0.356 e. The molecule has 0 aromatic carbocycles. The highest BCUT2D eigenvalue weighted by Gasteiger charge is 2.07. The van der Waals surface area contributed by atoms with Gasteiger partial charge in [-0.2, -0.15) is 0 Å². The van der Waals surface area contributed by atoms with Crippen LogP contribution in [0.3, 0.4) is 0 Å². The highest BCUT2D eigenvalue weighted by Crippen LogP contribution is 2.13. The van der Waals surface area contributed by atoms with Crippen molar-refractivity contribution in [3.8, 4) is 0 Å². The molecule has 1 aromatic heterocycles. The number of halogens is 1. The van der Waals surface area contributed by atoms with Gasteiger partial charge in [0.15, 0.2) is 10.9 Å². The number of carbonyl (C=O) groups is 1. The lowest BCUT2D eigenvalue weighted by atomic mass is 10.4. The molecule has 0 radical (unpaired) electrons. The topological polar surface area (TPSA) is 52.1 Å². The summed E-state index contributed by atoms with van der Waals surface area (Å²) in [5, 5.41) is 0.822. The van der Waals surface area contributed by atoms with Gasteiger partial charge < -0.3 is 4.74 Å². The van der Waals surface area contributed by atoms with Gasteiger partial charge in [-0.15, -0.1) is 11.6 Å². The number of hydrogen-bond donors (Lipinski definition) is 0. The lowest BCUT2D eigenvalue weighted by Crippen LogP contribution is -2.05. The molecular formula is C7H7ClN2O2S. The first kappa shape index (κ1) is 10.3. The van der Waals surface area contributed by atoms with Gasteiger partial charge in [0.2, 0.25) is 0 Å². The molecule has 1 aromatic rings. The van der Waals surface area contributed by atoms with Gasteiger partial charge >= 0.3 is 5.97 Å². The highest BCUT2D eigenvalue weighted by atomic mass is 35.5. The van der Waals surface area contributed by atoms with Gasteiger partial charge in [-0.25, -0.2) is 14.8 Å². The average molecular weight is 219 g/mol. The van der Waals surface area contributed by atoms with Crippen LogP contribution in [-0.4, -0.2) is 28.3 Å². The zero-order valence-corrected chi connectivity index (χ0v) is 8.43. The fourth-order valence-electron chi connectivity index (χ4n) is 0.677. The summed E-state index contributed by atoms with van der Waals surface area (Å²) in [6, 6.07) is 1.49. The molecule has 6 heteroatoms. The SMILES string of the molecule is COC(=O)c1ccnc(SCCl)n1. The number of ether oxygens (including phenoxy) is 1. The third kappa shape index (κ3) is 2.86. The normalized spacial score (nSPS) is 9.69. The number of aromatic nitrogens is 2. The molecule has 0 saturated heterocycles. The van der Waals surface area contributed by atoms with E-state index in [1.807, 2.05) is 0 Å². The van der Waals surface area contributed by atoms with Crippen molar-refractivity contribution in [3.63, 3.8) is 0 Å². The Labute approximate surface area is 84.7 Å². The van der Waals surface area contributed by atoms with E-state index in [1.54, 1.807) is 0 Å². The van der Waals surface area contributed by atoms with Gasteiger partial charge in [0.05, 0.1) is 12.3 Å². The maximum Gasteiger partial charge on any atom is 0.356 e. The Bertz CT molecular complexity index is 308. The Hall–Kier alpha value is -0.810. The quantitative estimate of drug-likeness (QED) is 0.334. The molecule has 0 N–H and O–H groups in total. The molecule has 0 atom stereocenters. The van der Waals surface area contributed by atoms with Crippen molar-refractivity contribution in [3.05, 3.63) is 18.0 Å². The molecule has 1 rings (SSSR count). The number of esters is 1. The number of rotatable bonds is 3. The Morgan fingerprint density at radius 1 is 1.77 bits per heavy atom. The number of nitrogens with zero attached hydrogens (tertiary/aromatic N) is 2. The van der Waals surface area contributed by atoms with Crippen LogP contribution in [0.5, 0.6) is 0 Å². The van der Waals surface area contributed by atoms with E-state index in [0.29, 0.717) is 10.4 Å². The summed E-state index contributed by atoms with van der Waals surface area (Å²) >= 11 is 6.72. The molecule has 13 heavy (non-hydrogen) atoms. The molecule has 0 aliphatic heterocycles. The molecule has 0 unspecified atom stereocenters. The average Bonchev–Trinajstić information content (AvgIpc) is 2.18. The first-order valence-electron chi connectivity index (χ1n) is 3.38. The standard InChI is InChI=1S/C7H7ClN2O2S/c1-12-6(11)5-2-3-9-7(10-5)13-4-8/h2-3H,4H2,1H3. The molecule has 0 aliphatic carbocycles. The van der Waals surface area contributed by atoms with Crippen LogP contribution >= 0.6 is 23.4 Å². The van der Waals surface area contributed by atoms with Crippen LogP contribution < -0.4 is 0 Å². The van der Waals surface area contributed by atoms with E-state index in [1.165, 1.54) is 31.1 Å². The van der Waals surface area contributed by atoms with Crippen molar-refractivity contribution in [2.45, 2.75) is 5.16 Å². The second-order valence-corrected chi connectivity index (χ2v) is 3.50. The molecule has 0 spiro atoms. The molecular weight excluding hydrogens is 212 g/mol. The van der Waals surface area contributed by atoms with E-state index in [2.05, 4.69) is 14.7 Å². The predicted molar refractivity (Wildman–Crippen MR) is 49.9 cm³/mol. The minimum atomic E-state index is -0.473. The van der Waals surface area contributed by atoms with Crippen molar-refractivity contribution in [2.75, 3.05) is 12.3 Å². The van der Waals surface area contributed by atoms with Crippen molar-refractivity contribution >= 4 is 29.3 Å². The van der Waals surface area contributed by atoms with E-state index in [4.69, 9.17) is 11.6 Å². The van der Waals surface area contributed by atoms with E-state index in [9.17, 15) is 4.79 Å².